The predicted octanol–water partition coefficient (Wildman–Crippen LogP) is 22.3. The van der Waals surface area contributed by atoms with Gasteiger partial charge in [0.05, 0.1) is 0 Å². The molecule has 0 aliphatic heterocycles. The van der Waals surface area contributed by atoms with Crippen molar-refractivity contribution in [2.75, 3.05) is 13.2 Å². The van der Waals surface area contributed by atoms with Gasteiger partial charge in [0.25, 0.3) is 0 Å². The van der Waals surface area contributed by atoms with E-state index in [0.29, 0.717) is 19.3 Å². The van der Waals surface area contributed by atoms with Crippen LogP contribution in [0.25, 0.3) is 0 Å². The van der Waals surface area contributed by atoms with Gasteiger partial charge in [-0.3, -0.25) is 14.4 Å². The molecule has 446 valence electrons. The highest BCUT2D eigenvalue weighted by atomic mass is 16.6. The normalized spacial score (nSPS) is 13.1. The summed E-state index contributed by atoms with van der Waals surface area (Å²) < 4.78 is 16.9. The molecule has 6 nitrogen and oxygen atoms in total. The molecular formula is C73H118O6. The molecule has 0 rings (SSSR count). The van der Waals surface area contributed by atoms with E-state index in [9.17, 15) is 14.4 Å². The standard InChI is InChI=1S/C73H118O6/c1-4-7-10-13-16-19-21-23-25-27-29-30-31-32-33-34-35-36-37-38-39-40-41-42-44-45-47-49-51-54-57-60-63-66-72(75)78-69-70(68-77-71(74)65-62-59-56-53-18-15-12-9-6-3)79-73(76)67-64-61-58-55-52-50-48-46-43-28-26-24-22-20-17-14-11-8-5-2/h7-8,10-11,16-17,19-20,23-26,29-30,32-33,35-36,38-39,41-43,46,70H,4-6,9,12-15,18,21-22,27-28,31,34,37,40,44-45,47-69H2,1-3H3/b10-7-,11-8-,19-16-,20-17-,25-23-,26-24-,30-29-,33-32-,36-35-,39-38-,42-41-,46-43-. The lowest BCUT2D eigenvalue weighted by atomic mass is 10.1. The van der Waals surface area contributed by atoms with Gasteiger partial charge in [-0.2, -0.15) is 0 Å². The lowest BCUT2D eigenvalue weighted by molar-refractivity contribution is -0.167. The molecule has 0 fully saturated rings. The topological polar surface area (TPSA) is 78.9 Å². The largest absolute Gasteiger partial charge is 0.462 e. The van der Waals surface area contributed by atoms with Crippen molar-refractivity contribution >= 4 is 17.9 Å². The molecule has 0 aromatic heterocycles. The molecule has 0 heterocycles. The number of unbranched alkanes of at least 4 members (excludes halogenated alkanes) is 22. The first-order valence-electron chi connectivity index (χ1n) is 32.3. The van der Waals surface area contributed by atoms with Crippen molar-refractivity contribution in [2.24, 2.45) is 0 Å². The van der Waals surface area contributed by atoms with Crippen LogP contribution in [0.2, 0.25) is 0 Å². The lowest BCUT2D eigenvalue weighted by Crippen LogP contribution is -2.30. The van der Waals surface area contributed by atoms with Crippen LogP contribution in [0, 0.1) is 0 Å². The highest BCUT2D eigenvalue weighted by Gasteiger charge is 2.19. The average molecular weight is 1090 g/mol. The maximum absolute atomic E-state index is 12.9. The van der Waals surface area contributed by atoms with Crippen molar-refractivity contribution in [3.63, 3.8) is 0 Å². The minimum atomic E-state index is -0.793. The van der Waals surface area contributed by atoms with Gasteiger partial charge < -0.3 is 14.2 Å². The molecule has 0 aromatic carbocycles. The van der Waals surface area contributed by atoms with Crippen LogP contribution in [0.15, 0.2) is 146 Å². The average Bonchev–Trinajstić information content (AvgIpc) is 3.45. The van der Waals surface area contributed by atoms with E-state index in [1.54, 1.807) is 0 Å². The third kappa shape index (κ3) is 64.0. The van der Waals surface area contributed by atoms with Crippen LogP contribution in [-0.2, 0) is 28.6 Å². The number of rotatable bonds is 57. The first-order chi connectivity index (χ1) is 39.0. The summed E-state index contributed by atoms with van der Waals surface area (Å²) in [6.07, 6.45) is 94.3. The Morgan fingerprint density at radius 3 is 0.772 bits per heavy atom. The number of allylic oxidation sites excluding steroid dienone is 24. The zero-order valence-corrected chi connectivity index (χ0v) is 51.1. The Kier molecular flexibility index (Phi) is 61.9. The first-order valence-corrected chi connectivity index (χ1v) is 32.3. The van der Waals surface area contributed by atoms with Gasteiger partial charge in [-0.25, -0.2) is 0 Å². The predicted molar refractivity (Wildman–Crippen MR) is 343 cm³/mol. The molecule has 0 saturated carbocycles. The van der Waals surface area contributed by atoms with Crippen LogP contribution in [0.1, 0.15) is 278 Å². The van der Waals surface area contributed by atoms with Gasteiger partial charge >= 0.3 is 17.9 Å². The molecule has 0 saturated heterocycles. The van der Waals surface area contributed by atoms with Crippen LogP contribution >= 0.6 is 0 Å². The second kappa shape index (κ2) is 65.8. The summed E-state index contributed by atoms with van der Waals surface area (Å²) in [5.74, 6) is -0.915. The van der Waals surface area contributed by atoms with E-state index >= 15 is 0 Å². The summed E-state index contributed by atoms with van der Waals surface area (Å²) >= 11 is 0. The Morgan fingerprint density at radius 1 is 0.266 bits per heavy atom. The van der Waals surface area contributed by atoms with E-state index in [2.05, 4.69) is 167 Å². The van der Waals surface area contributed by atoms with Crippen LogP contribution in [0.5, 0.6) is 0 Å². The highest BCUT2D eigenvalue weighted by molar-refractivity contribution is 5.71. The van der Waals surface area contributed by atoms with E-state index in [0.717, 1.165) is 154 Å². The Hall–Kier alpha value is -4.71. The Bertz CT molecular complexity index is 1730. The Balaban J connectivity index is 4.24. The second-order valence-electron chi connectivity index (χ2n) is 20.9. The second-order valence-corrected chi connectivity index (χ2v) is 20.9. The fourth-order valence-electron chi connectivity index (χ4n) is 8.57. The van der Waals surface area contributed by atoms with Gasteiger partial charge in [0.2, 0.25) is 0 Å². The van der Waals surface area contributed by atoms with E-state index in [-0.39, 0.29) is 31.1 Å². The highest BCUT2D eigenvalue weighted by Crippen LogP contribution is 2.15. The molecule has 0 radical (unpaired) electrons. The molecule has 6 heteroatoms. The van der Waals surface area contributed by atoms with Gasteiger partial charge in [0.15, 0.2) is 6.10 Å². The van der Waals surface area contributed by atoms with E-state index in [4.69, 9.17) is 14.2 Å². The van der Waals surface area contributed by atoms with Crippen molar-refractivity contribution in [3.8, 4) is 0 Å². The monoisotopic (exact) mass is 1090 g/mol. The van der Waals surface area contributed by atoms with Crippen molar-refractivity contribution in [1.29, 1.82) is 0 Å². The number of hydrogen-bond donors (Lipinski definition) is 0. The van der Waals surface area contributed by atoms with Crippen molar-refractivity contribution in [1.82, 2.24) is 0 Å². The molecule has 0 bridgehead atoms. The summed E-state index contributed by atoms with van der Waals surface area (Å²) in [6, 6.07) is 0. The van der Waals surface area contributed by atoms with Gasteiger partial charge in [-0.15, -0.1) is 0 Å². The fraction of sp³-hybridized carbons (Fsp3) is 0.630. The lowest BCUT2D eigenvalue weighted by Gasteiger charge is -2.18. The molecule has 1 atom stereocenters. The maximum atomic E-state index is 12.9. The molecule has 1 unspecified atom stereocenters. The van der Waals surface area contributed by atoms with Crippen molar-refractivity contribution in [3.05, 3.63) is 146 Å². The van der Waals surface area contributed by atoms with Gasteiger partial charge in [0, 0.05) is 19.3 Å². The van der Waals surface area contributed by atoms with Gasteiger partial charge in [-0.1, -0.05) is 282 Å². The molecule has 0 amide bonds. The SMILES string of the molecule is CC/C=C\C/C=C\C/C=C\C/C=C\C/C=C\C/C=C\C/C=C\C/C=C\CCCCCCCCCCC(=O)OCC(COC(=O)CCCCCCCCCCC)OC(=O)CCCCCCCC/C=C\C/C=C\C/C=C\C/C=C\CC. The smallest absolute Gasteiger partial charge is 0.306 e. The van der Waals surface area contributed by atoms with Crippen molar-refractivity contribution in [2.45, 2.75) is 284 Å². The number of esters is 3. The van der Waals surface area contributed by atoms with Crippen LogP contribution in [0.3, 0.4) is 0 Å². The summed E-state index contributed by atoms with van der Waals surface area (Å²) in [5, 5.41) is 0. The van der Waals surface area contributed by atoms with Gasteiger partial charge in [0.1, 0.15) is 13.2 Å². The molecule has 0 aromatic rings. The Morgan fingerprint density at radius 2 is 0.494 bits per heavy atom. The molecule has 0 spiro atoms. The molecular weight excluding hydrogens is 973 g/mol. The van der Waals surface area contributed by atoms with Gasteiger partial charge in [-0.05, 0) is 122 Å². The third-order valence-corrected chi connectivity index (χ3v) is 13.3. The molecule has 0 N–H and O–H groups in total. The quantitative estimate of drug-likeness (QED) is 0.0261. The number of carbonyl (C=O) groups excluding carboxylic acids is 3. The van der Waals surface area contributed by atoms with Crippen LogP contribution in [0.4, 0.5) is 0 Å². The maximum Gasteiger partial charge on any atom is 0.306 e. The minimum absolute atomic E-state index is 0.0888. The van der Waals surface area contributed by atoms with E-state index in [1.165, 1.54) is 83.5 Å². The zero-order chi connectivity index (χ0) is 57.1. The molecule has 0 aliphatic carbocycles. The molecule has 0 aliphatic rings. The summed E-state index contributed by atoms with van der Waals surface area (Å²) in [6.45, 7) is 6.38. The molecule has 79 heavy (non-hydrogen) atoms. The zero-order valence-electron chi connectivity index (χ0n) is 51.1. The van der Waals surface area contributed by atoms with Crippen LogP contribution < -0.4 is 0 Å². The summed E-state index contributed by atoms with van der Waals surface area (Å²) in [4.78, 5) is 38.2. The van der Waals surface area contributed by atoms with Crippen molar-refractivity contribution < 1.29 is 28.6 Å². The first kappa shape index (κ1) is 74.3. The fourth-order valence-corrected chi connectivity index (χ4v) is 8.57. The van der Waals surface area contributed by atoms with E-state index < -0.39 is 6.10 Å². The Labute approximate surface area is 487 Å². The minimum Gasteiger partial charge on any atom is -0.462 e. The third-order valence-electron chi connectivity index (χ3n) is 13.3. The number of carbonyl (C=O) groups is 3. The van der Waals surface area contributed by atoms with E-state index in [1.807, 2.05) is 0 Å². The number of ether oxygens (including phenoxy) is 3. The summed E-state index contributed by atoms with van der Waals surface area (Å²) in [7, 11) is 0. The summed E-state index contributed by atoms with van der Waals surface area (Å²) in [5.41, 5.74) is 0. The van der Waals surface area contributed by atoms with Crippen LogP contribution in [-0.4, -0.2) is 37.2 Å². The number of hydrogen-bond acceptors (Lipinski definition) is 6.